The zero-order valence-electron chi connectivity index (χ0n) is 12.6. The Labute approximate surface area is 117 Å². The van der Waals surface area contributed by atoms with Crippen LogP contribution in [0, 0.1) is 11.8 Å². The van der Waals surface area contributed by atoms with Crippen LogP contribution in [-0.2, 0) is 0 Å². The Morgan fingerprint density at radius 3 is 2.53 bits per heavy atom. The zero-order valence-corrected chi connectivity index (χ0v) is 12.6. The summed E-state index contributed by atoms with van der Waals surface area (Å²) in [6.45, 7) is 18.6. The number of rotatable bonds is 3. The Hall–Kier alpha value is -1.18. The van der Waals surface area contributed by atoms with Crippen LogP contribution in [0.1, 0.15) is 46.5 Å². The normalized spacial score (nSPS) is 41.9. The highest BCUT2D eigenvalue weighted by Crippen LogP contribution is 2.56. The molecule has 2 rings (SSSR count). The predicted molar refractivity (Wildman–Crippen MR) is 84.3 cm³/mol. The molecule has 0 aromatic rings. The first-order valence-corrected chi connectivity index (χ1v) is 7.23. The summed E-state index contributed by atoms with van der Waals surface area (Å²) in [4.78, 5) is 9.25. The first-order chi connectivity index (χ1) is 8.93. The molecule has 0 heterocycles. The predicted octanol–water partition coefficient (Wildman–Crippen LogP) is 4.23. The summed E-state index contributed by atoms with van der Waals surface area (Å²) in [6, 6.07) is 0. The quantitative estimate of drug-likeness (QED) is 0.534. The molecule has 0 aliphatic heterocycles. The Balaban J connectivity index is 2.68. The van der Waals surface area contributed by atoms with Crippen molar-refractivity contribution in [1.82, 2.24) is 0 Å². The van der Waals surface area contributed by atoms with Crippen LogP contribution in [0.5, 0.6) is 0 Å². The Morgan fingerprint density at radius 1 is 1.32 bits per heavy atom. The van der Waals surface area contributed by atoms with Crippen molar-refractivity contribution in [2.75, 3.05) is 0 Å². The summed E-state index contributed by atoms with van der Waals surface area (Å²) in [5.41, 5.74) is 2.06. The second-order valence-corrected chi connectivity index (χ2v) is 6.43. The molecular weight excluding hydrogens is 232 g/mol. The van der Waals surface area contributed by atoms with Crippen molar-refractivity contribution < 1.29 is 0 Å². The van der Waals surface area contributed by atoms with Crippen molar-refractivity contribution in [1.29, 1.82) is 0 Å². The largest absolute Gasteiger partial charge is 0.291 e. The number of aliphatic imine (C=N–C) groups is 2. The second kappa shape index (κ2) is 4.73. The van der Waals surface area contributed by atoms with Gasteiger partial charge in [0.05, 0.1) is 5.54 Å². The monoisotopic (exact) mass is 258 g/mol. The minimum atomic E-state index is -0.333. The number of allylic oxidation sites excluding steroid dienone is 1. The molecule has 0 aromatic carbocycles. The maximum Gasteiger partial charge on any atom is 0.110 e. The molecule has 1 saturated carbocycles. The van der Waals surface area contributed by atoms with Crippen LogP contribution in [0.15, 0.2) is 33.8 Å². The summed E-state index contributed by atoms with van der Waals surface area (Å²) in [5, 5.41) is 0. The lowest BCUT2D eigenvalue weighted by atomic mass is 9.52. The molecule has 0 N–H and O–H groups in total. The highest BCUT2D eigenvalue weighted by Gasteiger charge is 2.60. The van der Waals surface area contributed by atoms with E-state index < -0.39 is 0 Å². The van der Waals surface area contributed by atoms with Crippen molar-refractivity contribution in [3.63, 3.8) is 0 Å². The molecular formula is C17H26N2. The van der Waals surface area contributed by atoms with E-state index >= 15 is 0 Å². The average Bonchev–Trinajstić information content (AvgIpc) is 2.38. The molecule has 0 amide bonds. The first-order valence-electron chi connectivity index (χ1n) is 7.23. The van der Waals surface area contributed by atoms with Crippen LogP contribution in [0.4, 0.5) is 0 Å². The number of hydrogen-bond donors (Lipinski definition) is 0. The molecule has 1 fully saturated rings. The van der Waals surface area contributed by atoms with Gasteiger partial charge in [0.15, 0.2) is 0 Å². The van der Waals surface area contributed by atoms with Gasteiger partial charge in [0.1, 0.15) is 5.54 Å². The van der Waals surface area contributed by atoms with E-state index in [-0.39, 0.29) is 11.1 Å². The van der Waals surface area contributed by atoms with Gasteiger partial charge in [-0.2, -0.15) is 0 Å². The Kier molecular flexibility index (Phi) is 3.55. The molecule has 0 aromatic heterocycles. The molecule has 2 nitrogen and oxygen atoms in total. The van der Waals surface area contributed by atoms with Gasteiger partial charge >= 0.3 is 0 Å². The van der Waals surface area contributed by atoms with E-state index in [1.54, 1.807) is 0 Å². The summed E-state index contributed by atoms with van der Waals surface area (Å²) in [7, 11) is 0. The Bertz CT molecular complexity index is 448. The van der Waals surface area contributed by atoms with E-state index in [1.165, 1.54) is 17.6 Å². The van der Waals surface area contributed by atoms with Crippen molar-refractivity contribution in [2.45, 2.75) is 57.5 Å². The standard InChI is InChI=1S/C17H26N2/c1-12(2)15-8-7-14(4)16(18-5)10-9-13(3)11-17(15,16)19-6/h11,14-15H,1,5-10H2,2-4H3/t14-,15+,16-,17+/m1/s1. The van der Waals surface area contributed by atoms with Gasteiger partial charge in [-0.25, -0.2) is 0 Å². The second-order valence-electron chi connectivity index (χ2n) is 6.43. The lowest BCUT2D eigenvalue weighted by Crippen LogP contribution is -2.62. The maximum atomic E-state index is 4.63. The third kappa shape index (κ3) is 1.76. The van der Waals surface area contributed by atoms with Gasteiger partial charge in [0.2, 0.25) is 0 Å². The first kappa shape index (κ1) is 14.2. The smallest absolute Gasteiger partial charge is 0.110 e. The molecule has 2 heteroatoms. The molecule has 4 atom stereocenters. The van der Waals surface area contributed by atoms with Gasteiger partial charge in [-0.1, -0.05) is 30.7 Å². The van der Waals surface area contributed by atoms with Gasteiger partial charge in [0.25, 0.3) is 0 Å². The van der Waals surface area contributed by atoms with Crippen LogP contribution in [0.2, 0.25) is 0 Å². The highest BCUT2D eigenvalue weighted by atomic mass is 15.0. The topological polar surface area (TPSA) is 24.7 Å². The number of nitrogens with zero attached hydrogens (tertiary/aromatic N) is 2. The van der Waals surface area contributed by atoms with E-state index in [0.717, 1.165) is 19.3 Å². The van der Waals surface area contributed by atoms with Gasteiger partial charge in [-0.15, -0.1) is 0 Å². The van der Waals surface area contributed by atoms with Gasteiger partial charge < -0.3 is 0 Å². The minimum absolute atomic E-state index is 0.198. The lowest BCUT2D eigenvalue weighted by Gasteiger charge is -2.57. The molecule has 2 aliphatic carbocycles. The van der Waals surface area contributed by atoms with Crippen molar-refractivity contribution in [3.8, 4) is 0 Å². The van der Waals surface area contributed by atoms with E-state index in [1.807, 2.05) is 0 Å². The van der Waals surface area contributed by atoms with Crippen LogP contribution in [-0.4, -0.2) is 24.5 Å². The molecule has 0 unspecified atom stereocenters. The van der Waals surface area contributed by atoms with E-state index in [4.69, 9.17) is 0 Å². The molecule has 0 saturated heterocycles. The molecule has 0 radical (unpaired) electrons. The van der Waals surface area contributed by atoms with Gasteiger partial charge in [-0.3, -0.25) is 9.98 Å². The van der Waals surface area contributed by atoms with Crippen molar-refractivity contribution >= 4 is 13.4 Å². The van der Waals surface area contributed by atoms with Crippen molar-refractivity contribution in [2.24, 2.45) is 21.8 Å². The molecule has 0 spiro atoms. The minimum Gasteiger partial charge on any atom is -0.291 e. The molecule has 104 valence electrons. The van der Waals surface area contributed by atoms with Crippen LogP contribution < -0.4 is 0 Å². The SMILES string of the molecule is C=N[C@]12C=C(C)CC[C@@]1(N=C)[C@H](C)CC[C@H]2C(=C)C. The average molecular weight is 258 g/mol. The van der Waals surface area contributed by atoms with Gasteiger partial charge in [-0.05, 0) is 58.9 Å². The third-order valence-corrected chi connectivity index (χ3v) is 5.43. The summed E-state index contributed by atoms with van der Waals surface area (Å²) in [5.74, 6) is 0.831. The molecule has 0 bridgehead atoms. The summed E-state index contributed by atoms with van der Waals surface area (Å²) in [6.07, 6.45) is 6.72. The van der Waals surface area contributed by atoms with E-state index in [0.29, 0.717) is 11.8 Å². The zero-order chi connectivity index (χ0) is 14.3. The number of hydrogen-bond acceptors (Lipinski definition) is 2. The Morgan fingerprint density at radius 2 is 2.00 bits per heavy atom. The van der Waals surface area contributed by atoms with Crippen LogP contribution >= 0.6 is 0 Å². The maximum absolute atomic E-state index is 4.63. The van der Waals surface area contributed by atoms with E-state index in [2.05, 4.69) is 56.8 Å². The summed E-state index contributed by atoms with van der Waals surface area (Å²) >= 11 is 0. The number of fused-ring (bicyclic) bond motifs is 1. The fraction of sp³-hybridized carbons (Fsp3) is 0.647. The summed E-state index contributed by atoms with van der Waals surface area (Å²) < 4.78 is 0. The van der Waals surface area contributed by atoms with E-state index in [9.17, 15) is 0 Å². The molecule has 19 heavy (non-hydrogen) atoms. The molecule has 2 aliphatic rings. The highest BCUT2D eigenvalue weighted by molar-refractivity contribution is 5.44. The third-order valence-electron chi connectivity index (χ3n) is 5.43. The van der Waals surface area contributed by atoms with Crippen molar-refractivity contribution in [3.05, 3.63) is 23.8 Å². The van der Waals surface area contributed by atoms with Crippen LogP contribution in [0.3, 0.4) is 0 Å². The lowest BCUT2D eigenvalue weighted by molar-refractivity contribution is 0.0743. The fourth-order valence-corrected chi connectivity index (χ4v) is 4.36. The van der Waals surface area contributed by atoms with Crippen LogP contribution in [0.25, 0.3) is 0 Å². The fourth-order valence-electron chi connectivity index (χ4n) is 4.36. The van der Waals surface area contributed by atoms with Gasteiger partial charge in [0, 0.05) is 5.92 Å².